The number of nitrogens with zero attached hydrogens (tertiary/aromatic N) is 6. The Balaban J connectivity index is 0.000000224. The molecule has 4 heterocycles. The number of methoxy groups -OCH3 is 2. The molecular weight excluding hydrogens is 1030 g/mol. The highest BCUT2D eigenvalue weighted by atomic mass is 32.2. The van der Waals surface area contributed by atoms with Gasteiger partial charge in [0.15, 0.2) is 6.61 Å². The second kappa shape index (κ2) is 24.5. The van der Waals surface area contributed by atoms with E-state index in [2.05, 4.69) is 24.5 Å². The maximum Gasteiger partial charge on any atom is 0.303 e. The Kier molecular flexibility index (Phi) is 18.5. The smallest absolute Gasteiger partial charge is 0.303 e. The molecule has 77 heavy (non-hydrogen) atoms. The van der Waals surface area contributed by atoms with Crippen molar-refractivity contribution in [3.8, 4) is 0 Å². The van der Waals surface area contributed by atoms with Gasteiger partial charge in [0, 0.05) is 86.1 Å². The first-order chi connectivity index (χ1) is 36.5. The Bertz CT molecular complexity index is 3270. The van der Waals surface area contributed by atoms with Gasteiger partial charge in [0.2, 0.25) is 5.91 Å². The Labute approximate surface area is 449 Å². The van der Waals surface area contributed by atoms with E-state index in [4.69, 9.17) is 34.0 Å². The summed E-state index contributed by atoms with van der Waals surface area (Å²) in [6.45, 7) is 12.6. The molecule has 416 valence electrons. The van der Waals surface area contributed by atoms with Crippen LogP contribution in [0.5, 0.6) is 0 Å². The standard InChI is InChI=1S/C28H36N4O7S.C26H34N4O6S/c1-19(33)39-18-26(34)29-21-6-9-23(10-7-21)40(35,36)31(4)22-8-11-25-24(16-22)30-27(28(2,3)37-5)32(25)17-20-12-14-38-15-13-20;1-26(2,35-4)25-28-22-15-20(7-10-23(22)30(25)16-18-11-13-36-14-12-18)29(3)37(33,34)21-8-5-19(6-9-21)27-24(32)17-31/h6-11,16,20H,12-15,17-18H2,1-5H3,(H,29,34);5-10,15,18,31H,11-14,16-17H2,1-4H3,(H,27,32). The van der Waals surface area contributed by atoms with E-state index < -0.39 is 62.2 Å². The third-order valence-electron chi connectivity index (χ3n) is 14.0. The molecule has 2 amide bonds. The van der Waals surface area contributed by atoms with Crippen LogP contribution >= 0.6 is 0 Å². The van der Waals surface area contributed by atoms with E-state index in [1.165, 1.54) is 78.2 Å². The van der Waals surface area contributed by atoms with E-state index in [9.17, 15) is 31.2 Å². The minimum Gasteiger partial charge on any atom is -0.456 e. The van der Waals surface area contributed by atoms with E-state index in [0.717, 1.165) is 87.9 Å². The Morgan fingerprint density at radius 2 is 1.01 bits per heavy atom. The summed E-state index contributed by atoms with van der Waals surface area (Å²) in [5.74, 6) is 0.824. The topological polar surface area (TPSA) is 252 Å². The van der Waals surface area contributed by atoms with Gasteiger partial charge in [-0.25, -0.2) is 26.8 Å². The molecule has 0 atom stereocenters. The van der Waals surface area contributed by atoms with Crippen molar-refractivity contribution in [1.82, 2.24) is 19.1 Å². The number of nitrogens with one attached hydrogen (secondary N) is 2. The average molecular weight is 1100 g/mol. The summed E-state index contributed by atoms with van der Waals surface area (Å²) in [6, 6.07) is 22.5. The quantitative estimate of drug-likeness (QED) is 0.0708. The summed E-state index contributed by atoms with van der Waals surface area (Å²) in [7, 11) is -1.48. The first-order valence-corrected chi connectivity index (χ1v) is 28.2. The summed E-state index contributed by atoms with van der Waals surface area (Å²) in [6.07, 6.45) is 3.91. The fraction of sp³-hybridized carbons (Fsp3) is 0.463. The van der Waals surface area contributed by atoms with Crippen LogP contribution in [0.4, 0.5) is 22.7 Å². The average Bonchev–Trinajstić information content (AvgIpc) is 3.99. The monoisotopic (exact) mass is 1100 g/mol. The molecule has 2 aromatic heterocycles. The van der Waals surface area contributed by atoms with Crippen molar-refractivity contribution >= 4 is 82.6 Å². The van der Waals surface area contributed by atoms with E-state index in [-0.39, 0.29) is 9.79 Å². The van der Waals surface area contributed by atoms with Gasteiger partial charge in [-0.05, 0) is 150 Å². The molecule has 6 aromatic rings. The van der Waals surface area contributed by atoms with Crippen molar-refractivity contribution < 1.29 is 60.0 Å². The van der Waals surface area contributed by atoms with Gasteiger partial charge in [0.05, 0.1) is 43.2 Å². The zero-order valence-electron chi connectivity index (χ0n) is 45.1. The Morgan fingerprint density at radius 1 is 0.636 bits per heavy atom. The first-order valence-electron chi connectivity index (χ1n) is 25.3. The lowest BCUT2D eigenvalue weighted by molar-refractivity contribution is -0.144. The summed E-state index contributed by atoms with van der Waals surface area (Å²) in [5, 5.41) is 13.9. The molecule has 0 radical (unpaired) electrons. The molecule has 23 heteroatoms. The van der Waals surface area contributed by atoms with Crippen molar-refractivity contribution in [3.63, 3.8) is 0 Å². The molecule has 0 unspecified atom stereocenters. The highest BCUT2D eigenvalue weighted by Gasteiger charge is 2.32. The lowest BCUT2D eigenvalue weighted by Gasteiger charge is -2.27. The van der Waals surface area contributed by atoms with Gasteiger partial charge in [-0.2, -0.15) is 0 Å². The molecule has 3 N–H and O–H groups in total. The molecule has 0 aliphatic carbocycles. The summed E-state index contributed by atoms with van der Waals surface area (Å²) < 4.78 is 87.6. The lowest BCUT2D eigenvalue weighted by atomic mass is 9.99. The minimum absolute atomic E-state index is 0.0549. The molecule has 2 aliphatic heterocycles. The van der Waals surface area contributed by atoms with Gasteiger partial charge in [-0.15, -0.1) is 0 Å². The Hall–Kier alpha value is -6.47. The predicted molar refractivity (Wildman–Crippen MR) is 292 cm³/mol. The zero-order valence-corrected chi connectivity index (χ0v) is 46.7. The number of hydrogen-bond acceptors (Lipinski definition) is 15. The number of amides is 2. The van der Waals surface area contributed by atoms with Crippen molar-refractivity contribution in [2.24, 2.45) is 11.8 Å². The normalized spacial score (nSPS) is 14.9. The van der Waals surface area contributed by atoms with Crippen LogP contribution in [0.2, 0.25) is 0 Å². The van der Waals surface area contributed by atoms with Crippen LogP contribution in [0.15, 0.2) is 94.7 Å². The van der Waals surface area contributed by atoms with Crippen LogP contribution in [0.3, 0.4) is 0 Å². The van der Waals surface area contributed by atoms with E-state index in [0.29, 0.717) is 45.6 Å². The molecule has 0 saturated carbocycles. The SMILES string of the molecule is COC(C)(C)c1nc2cc(N(C)S(=O)(=O)c3ccc(NC(=O)CO)cc3)ccc2n1CC1CCOCC1.COC(C)(C)c1nc2cc(N(C)S(=O)(=O)c3ccc(NC(=O)COC(C)=O)cc3)ccc2n1CC1CCOCC1. The van der Waals surface area contributed by atoms with Crippen molar-refractivity contribution in [2.45, 2.75) is 94.4 Å². The van der Waals surface area contributed by atoms with E-state index in [1.807, 2.05) is 39.8 Å². The number of aliphatic hydroxyl groups excluding tert-OH is 1. The first kappa shape index (κ1) is 58.2. The number of rotatable bonds is 19. The number of esters is 1. The second-order valence-corrected chi connectivity index (χ2v) is 23.9. The summed E-state index contributed by atoms with van der Waals surface area (Å²) in [4.78, 5) is 44.0. The molecule has 8 rings (SSSR count). The number of carbonyl (C=O) groups is 3. The molecule has 0 bridgehead atoms. The number of aliphatic hydroxyl groups is 1. The number of aromatic nitrogens is 4. The van der Waals surface area contributed by atoms with Gasteiger partial charge in [-0.3, -0.25) is 23.0 Å². The van der Waals surface area contributed by atoms with Gasteiger partial charge in [0.25, 0.3) is 26.0 Å². The third-order valence-corrected chi connectivity index (χ3v) is 17.6. The number of fused-ring (bicyclic) bond motifs is 2. The van der Waals surface area contributed by atoms with Crippen LogP contribution < -0.4 is 19.2 Å². The highest BCUT2D eigenvalue weighted by molar-refractivity contribution is 7.93. The highest BCUT2D eigenvalue weighted by Crippen LogP contribution is 2.35. The molecule has 21 nitrogen and oxygen atoms in total. The van der Waals surface area contributed by atoms with Gasteiger partial charge >= 0.3 is 5.97 Å². The molecule has 0 spiro atoms. The van der Waals surface area contributed by atoms with Crippen molar-refractivity contribution in [2.75, 3.05) is 87.2 Å². The molecule has 2 fully saturated rings. The number of sulfonamides is 2. The lowest BCUT2D eigenvalue weighted by Crippen LogP contribution is -2.28. The second-order valence-electron chi connectivity index (χ2n) is 20.0. The summed E-state index contributed by atoms with van der Waals surface area (Å²) in [5.41, 5.74) is 3.64. The number of ether oxygens (including phenoxy) is 5. The van der Waals surface area contributed by atoms with Crippen LogP contribution in [-0.2, 0) is 82.4 Å². The fourth-order valence-corrected chi connectivity index (χ4v) is 11.4. The minimum atomic E-state index is -3.91. The maximum absolute atomic E-state index is 13.4. The fourth-order valence-electron chi connectivity index (χ4n) is 9.05. The van der Waals surface area contributed by atoms with E-state index >= 15 is 0 Å². The van der Waals surface area contributed by atoms with Crippen LogP contribution in [-0.4, -0.2) is 127 Å². The molecule has 2 aliphatic rings. The van der Waals surface area contributed by atoms with Crippen LogP contribution in [0.1, 0.15) is 72.0 Å². The number of hydrogen-bond donors (Lipinski definition) is 3. The van der Waals surface area contributed by atoms with Gasteiger partial charge in [0.1, 0.15) is 29.5 Å². The number of anilines is 4. The molecule has 4 aromatic carbocycles. The zero-order chi connectivity index (χ0) is 55.9. The van der Waals surface area contributed by atoms with Gasteiger partial charge in [-0.1, -0.05) is 0 Å². The third kappa shape index (κ3) is 13.6. The van der Waals surface area contributed by atoms with Crippen molar-refractivity contribution in [1.29, 1.82) is 0 Å². The number of carbonyl (C=O) groups excluding carboxylic acids is 3. The van der Waals surface area contributed by atoms with Crippen LogP contribution in [0.25, 0.3) is 22.1 Å². The van der Waals surface area contributed by atoms with Gasteiger partial charge < -0.3 is 48.6 Å². The van der Waals surface area contributed by atoms with Crippen LogP contribution in [0, 0.1) is 11.8 Å². The number of benzene rings is 4. The maximum atomic E-state index is 13.4. The Morgan fingerprint density at radius 3 is 1.36 bits per heavy atom. The predicted octanol–water partition coefficient (Wildman–Crippen LogP) is 6.77. The van der Waals surface area contributed by atoms with Crippen molar-refractivity contribution in [3.05, 3.63) is 96.6 Å². The van der Waals surface area contributed by atoms with E-state index in [1.54, 1.807) is 38.5 Å². The molecular formula is C54H70N8O13S2. The molecule has 2 saturated heterocycles. The number of imidazole rings is 2. The largest absolute Gasteiger partial charge is 0.456 e. The summed E-state index contributed by atoms with van der Waals surface area (Å²) >= 11 is 0.